The zero-order valence-electron chi connectivity index (χ0n) is 14.6. The molecule has 1 heterocycles. The van der Waals surface area contributed by atoms with Crippen molar-refractivity contribution in [3.8, 4) is 0 Å². The number of nitrogens with zero attached hydrogens (tertiary/aromatic N) is 2. The topological polar surface area (TPSA) is 35.6 Å². The van der Waals surface area contributed by atoms with Crippen molar-refractivity contribution in [3.63, 3.8) is 0 Å². The maximum atomic E-state index is 12.4. The summed E-state index contributed by atoms with van der Waals surface area (Å²) < 4.78 is 0. The van der Waals surface area contributed by atoms with Crippen LogP contribution >= 0.6 is 11.6 Å². The summed E-state index contributed by atoms with van der Waals surface area (Å²) in [5.41, 5.74) is 1.94. The van der Waals surface area contributed by atoms with Crippen molar-refractivity contribution in [2.24, 2.45) is 5.92 Å². The Balaban J connectivity index is 1.62. The van der Waals surface area contributed by atoms with Crippen LogP contribution in [0.5, 0.6) is 0 Å². The Labute approximate surface area is 150 Å². The first-order chi connectivity index (χ1) is 11.6. The summed E-state index contributed by atoms with van der Waals surface area (Å²) in [5.74, 6) is 0.853. The molecule has 1 N–H and O–H groups in total. The van der Waals surface area contributed by atoms with Gasteiger partial charge in [-0.15, -0.1) is 0 Å². The number of carbonyl (C=O) groups is 1. The quantitative estimate of drug-likeness (QED) is 0.872. The Morgan fingerprint density at radius 2 is 1.92 bits per heavy atom. The number of nitrogens with one attached hydrogen (secondary N) is 1. The summed E-state index contributed by atoms with van der Waals surface area (Å²) in [5, 5.41) is 3.77. The molecule has 2 fully saturated rings. The highest BCUT2D eigenvalue weighted by molar-refractivity contribution is 6.31. The van der Waals surface area contributed by atoms with Crippen LogP contribution in [0, 0.1) is 5.92 Å². The minimum atomic E-state index is 0.111. The molecule has 0 spiro atoms. The fourth-order valence-electron chi connectivity index (χ4n) is 3.78. The maximum absolute atomic E-state index is 12.4. The van der Waals surface area contributed by atoms with Gasteiger partial charge >= 0.3 is 0 Å². The second-order valence-corrected chi connectivity index (χ2v) is 7.63. The minimum absolute atomic E-state index is 0.111. The van der Waals surface area contributed by atoms with Crippen LogP contribution < -0.4 is 10.2 Å². The van der Waals surface area contributed by atoms with Gasteiger partial charge < -0.3 is 15.1 Å². The molecule has 3 rings (SSSR count). The van der Waals surface area contributed by atoms with E-state index < -0.39 is 0 Å². The third kappa shape index (κ3) is 4.64. The molecule has 1 saturated carbocycles. The first kappa shape index (κ1) is 17.6. The van der Waals surface area contributed by atoms with Crippen molar-refractivity contribution in [2.75, 3.05) is 43.4 Å². The van der Waals surface area contributed by atoms with Gasteiger partial charge in [0.15, 0.2) is 0 Å². The average Bonchev–Trinajstić information content (AvgIpc) is 3.08. The molecule has 1 amide bonds. The Hall–Kier alpha value is -1.26. The summed E-state index contributed by atoms with van der Waals surface area (Å²) in [6.45, 7) is 4.03. The average molecular weight is 350 g/mol. The number of carbonyl (C=O) groups excluding carboxylic acids is 1. The van der Waals surface area contributed by atoms with Gasteiger partial charge in [-0.25, -0.2) is 0 Å². The number of anilines is 2. The number of likely N-dealkylation sites (N-methyl/N-ethyl adjacent to an activating group) is 1. The molecular weight excluding hydrogens is 322 g/mol. The van der Waals surface area contributed by atoms with E-state index in [0.717, 1.165) is 49.9 Å². The number of hydrogen-bond donors (Lipinski definition) is 1. The number of halogens is 1. The number of hydrogen-bond acceptors (Lipinski definition) is 3. The van der Waals surface area contributed by atoms with E-state index in [0.29, 0.717) is 11.4 Å². The molecule has 1 aliphatic heterocycles. The van der Waals surface area contributed by atoms with Gasteiger partial charge in [-0.3, -0.25) is 4.79 Å². The normalized spacial score (nSPS) is 19.7. The second kappa shape index (κ2) is 8.21. The molecule has 1 aromatic rings. The predicted molar refractivity (Wildman–Crippen MR) is 101 cm³/mol. The fraction of sp³-hybridized carbons (Fsp3) is 0.632. The van der Waals surface area contributed by atoms with Gasteiger partial charge in [0.1, 0.15) is 0 Å². The standard InChI is InChI=1S/C19H28ClN3O/c1-22-10-12-23(13-11-22)18-8-7-16(20)14-17(18)21-19(24)9-6-15-4-2-3-5-15/h7-8,14-15H,2-6,9-13H2,1H3,(H,21,24). The molecule has 2 aliphatic rings. The fourth-order valence-corrected chi connectivity index (χ4v) is 3.95. The van der Waals surface area contributed by atoms with E-state index in [2.05, 4.69) is 22.2 Å². The van der Waals surface area contributed by atoms with Crippen LogP contribution in [0.1, 0.15) is 38.5 Å². The van der Waals surface area contributed by atoms with E-state index in [4.69, 9.17) is 11.6 Å². The molecule has 1 saturated heterocycles. The lowest BCUT2D eigenvalue weighted by atomic mass is 10.0. The van der Waals surface area contributed by atoms with E-state index >= 15 is 0 Å². The molecule has 4 nitrogen and oxygen atoms in total. The van der Waals surface area contributed by atoms with Crippen LogP contribution in [-0.2, 0) is 4.79 Å². The first-order valence-corrected chi connectivity index (χ1v) is 9.52. The van der Waals surface area contributed by atoms with Crippen LogP contribution in [0.25, 0.3) is 0 Å². The van der Waals surface area contributed by atoms with Crippen molar-refractivity contribution in [3.05, 3.63) is 23.2 Å². The third-order valence-corrected chi connectivity index (χ3v) is 5.57. The molecule has 1 aliphatic carbocycles. The lowest BCUT2D eigenvalue weighted by Crippen LogP contribution is -2.44. The summed E-state index contributed by atoms with van der Waals surface area (Å²) in [6, 6.07) is 5.81. The van der Waals surface area contributed by atoms with Crippen molar-refractivity contribution in [1.82, 2.24) is 4.90 Å². The van der Waals surface area contributed by atoms with Crippen molar-refractivity contribution in [1.29, 1.82) is 0 Å². The summed E-state index contributed by atoms with van der Waals surface area (Å²) >= 11 is 6.16. The maximum Gasteiger partial charge on any atom is 0.224 e. The van der Waals surface area contributed by atoms with Crippen molar-refractivity contribution < 1.29 is 4.79 Å². The van der Waals surface area contributed by atoms with Crippen molar-refractivity contribution >= 4 is 28.9 Å². The zero-order valence-corrected chi connectivity index (χ0v) is 15.3. The van der Waals surface area contributed by atoms with E-state index in [-0.39, 0.29) is 5.91 Å². The predicted octanol–water partition coefficient (Wildman–Crippen LogP) is 4.00. The van der Waals surface area contributed by atoms with Gasteiger partial charge in [-0.1, -0.05) is 37.3 Å². The number of rotatable bonds is 5. The molecular formula is C19H28ClN3O. The molecule has 0 aromatic heterocycles. The molecule has 0 radical (unpaired) electrons. The summed E-state index contributed by atoms with van der Waals surface area (Å²) in [7, 11) is 2.14. The number of amides is 1. The Kier molecular flexibility index (Phi) is 6.01. The Morgan fingerprint density at radius 3 is 2.62 bits per heavy atom. The lowest BCUT2D eigenvalue weighted by molar-refractivity contribution is -0.116. The minimum Gasteiger partial charge on any atom is -0.367 e. The van der Waals surface area contributed by atoms with Gasteiger partial charge in [0.05, 0.1) is 11.4 Å². The van der Waals surface area contributed by atoms with Crippen LogP contribution in [0.3, 0.4) is 0 Å². The Morgan fingerprint density at radius 1 is 1.21 bits per heavy atom. The van der Waals surface area contributed by atoms with Gasteiger partial charge in [0.2, 0.25) is 5.91 Å². The van der Waals surface area contributed by atoms with E-state index in [1.165, 1.54) is 25.7 Å². The zero-order chi connectivity index (χ0) is 16.9. The molecule has 0 unspecified atom stereocenters. The molecule has 5 heteroatoms. The first-order valence-electron chi connectivity index (χ1n) is 9.15. The monoisotopic (exact) mass is 349 g/mol. The van der Waals surface area contributed by atoms with Crippen molar-refractivity contribution in [2.45, 2.75) is 38.5 Å². The molecule has 1 aromatic carbocycles. The van der Waals surface area contributed by atoms with Gasteiger partial charge in [-0.2, -0.15) is 0 Å². The van der Waals surface area contributed by atoms with Gasteiger partial charge in [0.25, 0.3) is 0 Å². The SMILES string of the molecule is CN1CCN(c2ccc(Cl)cc2NC(=O)CCC2CCCC2)CC1. The lowest BCUT2D eigenvalue weighted by Gasteiger charge is -2.35. The molecule has 132 valence electrons. The highest BCUT2D eigenvalue weighted by atomic mass is 35.5. The highest BCUT2D eigenvalue weighted by Gasteiger charge is 2.20. The highest BCUT2D eigenvalue weighted by Crippen LogP contribution is 2.31. The van der Waals surface area contributed by atoms with Gasteiger partial charge in [-0.05, 0) is 37.6 Å². The molecule has 0 atom stereocenters. The van der Waals surface area contributed by atoms with E-state index in [9.17, 15) is 4.79 Å². The summed E-state index contributed by atoms with van der Waals surface area (Å²) in [6.07, 6.45) is 6.85. The van der Waals surface area contributed by atoms with Crippen LogP contribution in [0.2, 0.25) is 5.02 Å². The van der Waals surface area contributed by atoms with Gasteiger partial charge in [0, 0.05) is 37.6 Å². The van der Waals surface area contributed by atoms with E-state index in [1.807, 2.05) is 18.2 Å². The second-order valence-electron chi connectivity index (χ2n) is 7.19. The third-order valence-electron chi connectivity index (χ3n) is 5.33. The smallest absolute Gasteiger partial charge is 0.224 e. The number of piperazine rings is 1. The van der Waals surface area contributed by atoms with Crippen LogP contribution in [0.15, 0.2) is 18.2 Å². The Bertz CT molecular complexity index is 564. The molecule has 24 heavy (non-hydrogen) atoms. The molecule has 0 bridgehead atoms. The summed E-state index contributed by atoms with van der Waals surface area (Å²) in [4.78, 5) is 17.0. The largest absolute Gasteiger partial charge is 0.367 e. The number of benzene rings is 1. The van der Waals surface area contributed by atoms with E-state index in [1.54, 1.807) is 0 Å². The van der Waals surface area contributed by atoms with Crippen LogP contribution in [0.4, 0.5) is 11.4 Å². The van der Waals surface area contributed by atoms with Crippen LogP contribution in [-0.4, -0.2) is 44.0 Å².